The van der Waals surface area contributed by atoms with Crippen molar-refractivity contribution in [1.82, 2.24) is 19.6 Å². The third kappa shape index (κ3) is 2.66. The number of thiophene rings is 1. The summed E-state index contributed by atoms with van der Waals surface area (Å²) < 4.78 is 3.46. The van der Waals surface area contributed by atoms with Crippen LogP contribution in [0.5, 0.6) is 0 Å². The molecule has 9 heteroatoms. The molecule has 3 aromatic heterocycles. The van der Waals surface area contributed by atoms with Crippen LogP contribution in [0.25, 0.3) is 5.65 Å². The molecule has 0 spiro atoms. The summed E-state index contributed by atoms with van der Waals surface area (Å²) in [6.07, 6.45) is 3.46. The molecule has 0 aliphatic carbocycles. The molecule has 0 saturated heterocycles. The molecule has 1 N–H and O–H groups in total. The lowest BCUT2D eigenvalue weighted by Gasteiger charge is -2.31. The number of rotatable bonds is 1. The van der Waals surface area contributed by atoms with Gasteiger partial charge in [-0.15, -0.1) is 11.3 Å². The van der Waals surface area contributed by atoms with E-state index in [4.69, 9.17) is 0 Å². The maximum Gasteiger partial charge on any atom is 0.292 e. The largest absolute Gasteiger partial charge is 0.295 e. The Morgan fingerprint density at radius 2 is 2.26 bits per heavy atom. The van der Waals surface area contributed by atoms with E-state index < -0.39 is 0 Å². The number of hydrogen-bond acceptors (Lipinski definition) is 5. The molecule has 4 rings (SSSR count). The number of halogens is 2. The normalized spacial score (nSPS) is 17.2. The molecule has 0 aromatic carbocycles. The van der Waals surface area contributed by atoms with Gasteiger partial charge in [-0.1, -0.05) is 6.92 Å². The third-order valence-electron chi connectivity index (χ3n) is 3.64. The fourth-order valence-electron chi connectivity index (χ4n) is 2.61. The Morgan fingerprint density at radius 1 is 1.43 bits per heavy atom. The SMILES string of the molecule is CC1CN(C(=O)c2cc3ncc(Br)cn3n2)Nc2cc(Br)sc21. The van der Waals surface area contributed by atoms with Gasteiger partial charge in [-0.2, -0.15) is 5.10 Å². The highest BCUT2D eigenvalue weighted by Gasteiger charge is 2.29. The van der Waals surface area contributed by atoms with E-state index in [1.54, 1.807) is 39.3 Å². The first-order chi connectivity index (χ1) is 11.0. The Kier molecular flexibility index (Phi) is 3.66. The average Bonchev–Trinajstić information content (AvgIpc) is 3.08. The first-order valence-electron chi connectivity index (χ1n) is 6.90. The molecule has 1 unspecified atom stereocenters. The van der Waals surface area contributed by atoms with Gasteiger partial charge in [-0.25, -0.2) is 9.50 Å². The first kappa shape index (κ1) is 15.1. The molecule has 0 radical (unpaired) electrons. The predicted octanol–water partition coefficient (Wildman–Crippen LogP) is 3.90. The Hall–Kier alpha value is -1.45. The Morgan fingerprint density at radius 3 is 3.09 bits per heavy atom. The maximum atomic E-state index is 12.8. The molecular formula is C14H11Br2N5OS. The monoisotopic (exact) mass is 455 g/mol. The molecule has 1 atom stereocenters. The number of aromatic nitrogens is 3. The van der Waals surface area contributed by atoms with Gasteiger partial charge in [0.05, 0.1) is 20.5 Å². The van der Waals surface area contributed by atoms with Crippen molar-refractivity contribution in [1.29, 1.82) is 0 Å². The molecule has 6 nitrogen and oxygen atoms in total. The van der Waals surface area contributed by atoms with Crippen LogP contribution >= 0.6 is 43.2 Å². The van der Waals surface area contributed by atoms with Crippen molar-refractivity contribution < 1.29 is 4.79 Å². The van der Waals surface area contributed by atoms with E-state index in [1.807, 2.05) is 6.07 Å². The summed E-state index contributed by atoms with van der Waals surface area (Å²) >= 11 is 8.54. The second-order valence-electron chi connectivity index (χ2n) is 5.36. The molecule has 1 aliphatic heterocycles. The second-order valence-corrected chi connectivity index (χ2v) is 8.74. The number of anilines is 1. The van der Waals surface area contributed by atoms with Crippen LogP contribution in [-0.4, -0.2) is 32.1 Å². The highest BCUT2D eigenvalue weighted by molar-refractivity contribution is 9.11. The summed E-state index contributed by atoms with van der Waals surface area (Å²) in [5.41, 5.74) is 5.17. The number of nitrogens with one attached hydrogen (secondary N) is 1. The molecule has 118 valence electrons. The third-order valence-corrected chi connectivity index (χ3v) is 5.92. The van der Waals surface area contributed by atoms with Crippen LogP contribution in [-0.2, 0) is 0 Å². The van der Waals surface area contributed by atoms with E-state index in [0.29, 0.717) is 17.9 Å². The van der Waals surface area contributed by atoms with Gasteiger partial charge in [-0.05, 0) is 37.9 Å². The van der Waals surface area contributed by atoms with Crippen LogP contribution in [0.3, 0.4) is 0 Å². The van der Waals surface area contributed by atoms with Gasteiger partial charge < -0.3 is 0 Å². The topological polar surface area (TPSA) is 62.5 Å². The number of hydrazine groups is 1. The minimum Gasteiger partial charge on any atom is -0.295 e. The van der Waals surface area contributed by atoms with E-state index in [2.05, 4.69) is 54.3 Å². The number of fused-ring (bicyclic) bond motifs is 2. The number of hydrogen-bond donors (Lipinski definition) is 1. The van der Waals surface area contributed by atoms with Crippen molar-refractivity contribution in [3.63, 3.8) is 0 Å². The average molecular weight is 457 g/mol. The number of carbonyl (C=O) groups is 1. The van der Waals surface area contributed by atoms with Crippen molar-refractivity contribution in [3.05, 3.63) is 43.4 Å². The summed E-state index contributed by atoms with van der Waals surface area (Å²) in [5, 5.41) is 5.94. The molecule has 1 aliphatic rings. The highest BCUT2D eigenvalue weighted by atomic mass is 79.9. The zero-order valence-corrected chi connectivity index (χ0v) is 15.9. The van der Waals surface area contributed by atoms with E-state index in [9.17, 15) is 4.79 Å². The van der Waals surface area contributed by atoms with Crippen LogP contribution in [0, 0.1) is 0 Å². The smallest absolute Gasteiger partial charge is 0.292 e. The zero-order valence-electron chi connectivity index (χ0n) is 12.0. The van der Waals surface area contributed by atoms with Crippen molar-refractivity contribution in [2.75, 3.05) is 12.0 Å². The van der Waals surface area contributed by atoms with E-state index in [0.717, 1.165) is 13.9 Å². The van der Waals surface area contributed by atoms with Crippen molar-refractivity contribution in [2.45, 2.75) is 12.8 Å². The number of nitrogens with zero attached hydrogens (tertiary/aromatic N) is 4. The van der Waals surface area contributed by atoms with Gasteiger partial charge in [0, 0.05) is 29.3 Å². The Balaban J connectivity index is 1.66. The minimum absolute atomic E-state index is 0.161. The quantitative estimate of drug-likeness (QED) is 0.603. The predicted molar refractivity (Wildman–Crippen MR) is 95.8 cm³/mol. The summed E-state index contributed by atoms with van der Waals surface area (Å²) in [6, 6.07) is 3.69. The van der Waals surface area contributed by atoms with Gasteiger partial charge in [0.2, 0.25) is 0 Å². The Bertz CT molecular complexity index is 921. The van der Waals surface area contributed by atoms with E-state index >= 15 is 0 Å². The van der Waals surface area contributed by atoms with Gasteiger partial charge in [0.1, 0.15) is 0 Å². The second kappa shape index (κ2) is 5.57. The van der Waals surface area contributed by atoms with Gasteiger partial charge in [0.15, 0.2) is 11.3 Å². The minimum atomic E-state index is -0.161. The van der Waals surface area contributed by atoms with Crippen molar-refractivity contribution in [2.24, 2.45) is 0 Å². The lowest BCUT2D eigenvalue weighted by Crippen LogP contribution is -2.41. The Labute approximate surface area is 152 Å². The number of carbonyl (C=O) groups excluding carboxylic acids is 1. The fraction of sp³-hybridized carbons (Fsp3) is 0.214. The molecule has 0 saturated carbocycles. The number of amides is 1. The van der Waals surface area contributed by atoms with E-state index in [1.165, 1.54) is 4.88 Å². The van der Waals surface area contributed by atoms with Gasteiger partial charge >= 0.3 is 0 Å². The summed E-state index contributed by atoms with van der Waals surface area (Å²) in [7, 11) is 0. The molecule has 0 fully saturated rings. The first-order valence-corrected chi connectivity index (χ1v) is 9.30. The lowest BCUT2D eigenvalue weighted by atomic mass is 10.1. The summed E-state index contributed by atoms with van der Waals surface area (Å²) in [5.74, 6) is 0.113. The molecule has 3 aromatic rings. The summed E-state index contributed by atoms with van der Waals surface area (Å²) in [6.45, 7) is 2.72. The zero-order chi connectivity index (χ0) is 16.1. The molecule has 4 heterocycles. The van der Waals surface area contributed by atoms with Crippen LogP contribution in [0.15, 0.2) is 32.8 Å². The van der Waals surface area contributed by atoms with Crippen molar-refractivity contribution in [3.8, 4) is 0 Å². The maximum absolute atomic E-state index is 12.8. The van der Waals surface area contributed by atoms with E-state index in [-0.39, 0.29) is 11.8 Å². The molecule has 1 amide bonds. The summed E-state index contributed by atoms with van der Waals surface area (Å²) in [4.78, 5) is 18.2. The molecule has 23 heavy (non-hydrogen) atoms. The van der Waals surface area contributed by atoms with Crippen molar-refractivity contribution >= 4 is 60.4 Å². The highest BCUT2D eigenvalue weighted by Crippen LogP contribution is 2.40. The lowest BCUT2D eigenvalue weighted by molar-refractivity contribution is 0.0774. The van der Waals surface area contributed by atoms with Crippen LogP contribution in [0.2, 0.25) is 0 Å². The van der Waals surface area contributed by atoms with Crippen LogP contribution in [0.4, 0.5) is 5.69 Å². The standard InChI is InChI=1S/C14H11Br2N5OS/c1-7-5-21(18-9-2-11(16)23-13(7)9)14(22)10-3-12-17-4-8(15)6-20(12)19-10/h2-4,6-7,18H,5H2,1H3. The molecule has 0 bridgehead atoms. The molecular weight excluding hydrogens is 446 g/mol. The van der Waals surface area contributed by atoms with Gasteiger partial charge in [0.25, 0.3) is 5.91 Å². The fourth-order valence-corrected chi connectivity index (χ4v) is 4.53. The van der Waals surface area contributed by atoms with Gasteiger partial charge in [-0.3, -0.25) is 15.2 Å². The van der Waals surface area contributed by atoms with Crippen LogP contribution in [0.1, 0.15) is 28.2 Å². The van der Waals surface area contributed by atoms with Crippen LogP contribution < -0.4 is 5.43 Å².